The summed E-state index contributed by atoms with van der Waals surface area (Å²) in [6.45, 7) is 6.69. The van der Waals surface area contributed by atoms with Crippen LogP contribution in [0.15, 0.2) is 0 Å². The SMILES string of the molecule is [B]C[P+](C)(C)C. The van der Waals surface area contributed by atoms with Crippen LogP contribution in [0.2, 0.25) is 0 Å². The third kappa shape index (κ3) is 4.49. The van der Waals surface area contributed by atoms with Gasteiger partial charge >= 0.3 is 0 Å². The summed E-state index contributed by atoms with van der Waals surface area (Å²) in [6, 6.07) is 0.882. The second kappa shape index (κ2) is 1.98. The van der Waals surface area contributed by atoms with Crippen LogP contribution in [0.3, 0.4) is 0 Å². The third-order valence-corrected chi connectivity index (χ3v) is 1.64. The standard InChI is InChI=1S/C4H11BP/c1-6(2,3)4-5/h4H2,1-3H3/q+1. The zero-order valence-electron chi connectivity index (χ0n) is 4.73. The molecular weight excluding hydrogens is 89.8 g/mol. The Balaban J connectivity index is 3.17. The Morgan fingerprint density at radius 3 is 1.50 bits per heavy atom. The minimum absolute atomic E-state index is 0.619. The first-order valence-electron chi connectivity index (χ1n) is 2.07. The van der Waals surface area contributed by atoms with Gasteiger partial charge in [-0.15, -0.1) is 0 Å². The normalized spacial score (nSPS) is 11.8. The molecule has 0 atom stereocenters. The first kappa shape index (κ1) is 6.49. The molecule has 34 valence electrons. The third-order valence-electron chi connectivity index (χ3n) is 0.548. The smallest absolute Gasteiger partial charge is 0.00432 e. The van der Waals surface area contributed by atoms with E-state index < -0.39 is 7.26 Å². The molecule has 0 aromatic rings. The molecule has 0 nitrogen and oxygen atoms in total. The van der Waals surface area contributed by atoms with Crippen molar-refractivity contribution in [3.63, 3.8) is 0 Å². The van der Waals surface area contributed by atoms with E-state index in [0.29, 0.717) is 0 Å². The van der Waals surface area contributed by atoms with E-state index in [1.807, 2.05) is 0 Å². The average molecular weight is 101 g/mol. The summed E-state index contributed by atoms with van der Waals surface area (Å²) in [4.78, 5) is 0. The van der Waals surface area contributed by atoms with Crippen molar-refractivity contribution in [2.75, 3.05) is 26.1 Å². The zero-order chi connectivity index (χ0) is 5.21. The highest BCUT2D eigenvalue weighted by atomic mass is 31.2. The first-order chi connectivity index (χ1) is 2.56. The highest BCUT2D eigenvalue weighted by Crippen LogP contribution is 2.44. The van der Waals surface area contributed by atoms with Crippen LogP contribution >= 0.6 is 7.26 Å². The van der Waals surface area contributed by atoms with Crippen LogP contribution in [0.25, 0.3) is 0 Å². The molecule has 0 bridgehead atoms. The quantitative estimate of drug-likeness (QED) is 0.341. The summed E-state index contributed by atoms with van der Waals surface area (Å²) in [5.41, 5.74) is 0. The minimum Gasteiger partial charge on any atom is -0.00432 e. The van der Waals surface area contributed by atoms with Gasteiger partial charge in [0.2, 0.25) is 0 Å². The molecule has 0 spiro atoms. The molecule has 2 heteroatoms. The van der Waals surface area contributed by atoms with E-state index in [4.69, 9.17) is 7.85 Å². The predicted octanol–water partition coefficient (Wildman–Crippen LogP) is 1.02. The Morgan fingerprint density at radius 1 is 1.33 bits per heavy atom. The number of hydrogen-bond acceptors (Lipinski definition) is 0. The van der Waals surface area contributed by atoms with Gasteiger partial charge in [-0.1, -0.05) is 0 Å². The molecule has 6 heavy (non-hydrogen) atoms. The Kier molecular flexibility index (Phi) is 2.14. The summed E-state index contributed by atoms with van der Waals surface area (Å²) >= 11 is 0. The molecular formula is C4H11BP+. The molecule has 0 aromatic heterocycles. The second-order valence-electron chi connectivity index (χ2n) is 2.47. The first-order valence-corrected chi connectivity index (χ1v) is 5.38. The van der Waals surface area contributed by atoms with Crippen molar-refractivity contribution in [2.24, 2.45) is 0 Å². The van der Waals surface area contributed by atoms with Crippen molar-refractivity contribution in [2.45, 2.75) is 0 Å². The van der Waals surface area contributed by atoms with Gasteiger partial charge in [0.05, 0.1) is 0 Å². The van der Waals surface area contributed by atoms with Crippen LogP contribution in [0.5, 0.6) is 0 Å². The van der Waals surface area contributed by atoms with Crippen molar-refractivity contribution in [1.29, 1.82) is 0 Å². The average Bonchev–Trinajstić information content (AvgIpc) is 1.35. The van der Waals surface area contributed by atoms with Crippen LogP contribution in [-0.4, -0.2) is 33.9 Å². The van der Waals surface area contributed by atoms with Crippen LogP contribution in [0.1, 0.15) is 0 Å². The van der Waals surface area contributed by atoms with E-state index in [1.165, 1.54) is 0 Å². The molecule has 0 aliphatic rings. The molecule has 0 aliphatic heterocycles. The topological polar surface area (TPSA) is 0 Å². The van der Waals surface area contributed by atoms with Gasteiger partial charge in [0.15, 0.2) is 0 Å². The van der Waals surface area contributed by atoms with Crippen LogP contribution in [0.4, 0.5) is 0 Å². The lowest BCUT2D eigenvalue weighted by Gasteiger charge is -2.05. The predicted molar refractivity (Wildman–Crippen MR) is 35.3 cm³/mol. The van der Waals surface area contributed by atoms with Crippen molar-refractivity contribution in [3.8, 4) is 0 Å². The maximum Gasteiger partial charge on any atom is 0.122 e. The summed E-state index contributed by atoms with van der Waals surface area (Å²) in [5.74, 6) is 0. The van der Waals surface area contributed by atoms with Gasteiger partial charge in [-0.3, -0.25) is 0 Å². The summed E-state index contributed by atoms with van der Waals surface area (Å²) in [6.07, 6.45) is 0. The number of hydrogen-bond donors (Lipinski definition) is 0. The van der Waals surface area contributed by atoms with Crippen molar-refractivity contribution < 1.29 is 0 Å². The highest BCUT2D eigenvalue weighted by Gasteiger charge is 2.10. The monoisotopic (exact) mass is 101 g/mol. The molecule has 0 N–H and O–H groups in total. The Labute approximate surface area is 42.1 Å². The summed E-state index contributed by atoms with van der Waals surface area (Å²) in [5, 5.41) is 0. The molecule has 0 amide bonds. The van der Waals surface area contributed by atoms with E-state index in [0.717, 1.165) is 6.06 Å². The second-order valence-corrected chi connectivity index (χ2v) is 7.42. The lowest BCUT2D eigenvalue weighted by atomic mass is 10.2. The van der Waals surface area contributed by atoms with Gasteiger partial charge < -0.3 is 0 Å². The number of rotatable bonds is 1. The lowest BCUT2D eigenvalue weighted by molar-refractivity contribution is 1.88. The fourth-order valence-corrected chi connectivity index (χ4v) is 0. The molecule has 0 saturated heterocycles. The van der Waals surface area contributed by atoms with E-state index in [9.17, 15) is 0 Å². The van der Waals surface area contributed by atoms with Crippen molar-refractivity contribution >= 4 is 15.1 Å². The van der Waals surface area contributed by atoms with Crippen LogP contribution in [0, 0.1) is 0 Å². The molecule has 0 aromatic carbocycles. The summed E-state index contributed by atoms with van der Waals surface area (Å²) in [7, 11) is 4.74. The summed E-state index contributed by atoms with van der Waals surface area (Å²) < 4.78 is 0. The molecule has 0 rings (SSSR count). The molecule has 0 heterocycles. The van der Waals surface area contributed by atoms with Gasteiger partial charge in [0.25, 0.3) is 0 Å². The van der Waals surface area contributed by atoms with Gasteiger partial charge in [-0.25, -0.2) is 0 Å². The minimum atomic E-state index is -0.619. The molecule has 0 aliphatic carbocycles. The van der Waals surface area contributed by atoms with Gasteiger partial charge in [-0.2, -0.15) is 0 Å². The maximum absolute atomic E-state index is 5.35. The molecule has 0 saturated carbocycles. The van der Waals surface area contributed by atoms with Gasteiger partial charge in [0.1, 0.15) is 7.85 Å². The fraction of sp³-hybridized carbons (Fsp3) is 1.00. The van der Waals surface area contributed by atoms with Crippen molar-refractivity contribution in [1.82, 2.24) is 0 Å². The maximum atomic E-state index is 5.35. The van der Waals surface area contributed by atoms with Gasteiger partial charge in [-0.05, 0) is 7.26 Å². The fourth-order valence-electron chi connectivity index (χ4n) is 0. The Hall–Kier alpha value is 0.495. The van der Waals surface area contributed by atoms with E-state index in [-0.39, 0.29) is 0 Å². The van der Waals surface area contributed by atoms with E-state index in [2.05, 4.69) is 20.0 Å². The van der Waals surface area contributed by atoms with Crippen molar-refractivity contribution in [3.05, 3.63) is 0 Å². The lowest BCUT2D eigenvalue weighted by Crippen LogP contribution is -1.89. The van der Waals surface area contributed by atoms with Crippen LogP contribution < -0.4 is 0 Å². The zero-order valence-corrected chi connectivity index (χ0v) is 5.63. The van der Waals surface area contributed by atoms with Crippen LogP contribution in [-0.2, 0) is 0 Å². The van der Waals surface area contributed by atoms with E-state index >= 15 is 0 Å². The Morgan fingerprint density at radius 2 is 1.50 bits per heavy atom. The van der Waals surface area contributed by atoms with Gasteiger partial charge in [0, 0.05) is 26.1 Å². The molecule has 0 fully saturated rings. The van der Waals surface area contributed by atoms with E-state index in [1.54, 1.807) is 0 Å². The largest absolute Gasteiger partial charge is 0.122 e. The Bertz CT molecular complexity index is 37.3. The molecule has 2 radical (unpaired) electrons. The highest BCUT2D eigenvalue weighted by molar-refractivity contribution is 7.74. The molecule has 0 unspecified atom stereocenters.